The second kappa shape index (κ2) is 7.32. The number of carbonyl (C=O) groups is 1. The molecule has 3 heterocycles. The average Bonchev–Trinajstić information content (AvgIpc) is 3.18. The molecule has 0 spiro atoms. The molecule has 0 amide bonds. The molecule has 0 fully saturated rings. The molecule has 3 aromatic rings. The molecule has 0 aliphatic heterocycles. The third-order valence-corrected chi connectivity index (χ3v) is 4.19. The lowest BCUT2D eigenvalue weighted by molar-refractivity contribution is -0.143. The van der Waals surface area contributed by atoms with Crippen molar-refractivity contribution in [3.05, 3.63) is 45.6 Å². The van der Waals surface area contributed by atoms with E-state index in [2.05, 4.69) is 25.1 Å². The summed E-state index contributed by atoms with van der Waals surface area (Å²) in [6, 6.07) is 2.40. The van der Waals surface area contributed by atoms with Gasteiger partial charge in [0.2, 0.25) is 3.83 Å². The number of halogens is 4. The number of hydrogen-bond donors (Lipinski definition) is 0. The zero-order valence-electron chi connectivity index (χ0n) is 14.1. The Labute approximate surface area is 165 Å². The summed E-state index contributed by atoms with van der Waals surface area (Å²) < 4.78 is 41.2. The summed E-state index contributed by atoms with van der Waals surface area (Å²) in [5, 5.41) is 7.91. The first-order valence-corrected chi connectivity index (χ1v) is 8.79. The first kappa shape index (κ1) is 19.4. The Balaban J connectivity index is 1.84. The average molecular weight is 491 g/mol. The van der Waals surface area contributed by atoms with Gasteiger partial charge in [0.25, 0.3) is 5.95 Å². The number of carbonyl (C=O) groups excluding carboxylic acids is 1. The highest BCUT2D eigenvalue weighted by atomic mass is 127. The standard InChI is InChI=1S/C15H13F3IN7O/c1-8(6-10(27)9-7-11(15(16,17)18)25(2)23-9)12-22-13(19)24-26(12)14-20-4-3-5-21-14/h3-5,7-8H,6H2,1-2H3. The molecule has 27 heavy (non-hydrogen) atoms. The topological polar surface area (TPSA) is 91.4 Å². The van der Waals surface area contributed by atoms with Crippen LogP contribution in [0.2, 0.25) is 0 Å². The van der Waals surface area contributed by atoms with Gasteiger partial charge in [0, 0.05) is 54.4 Å². The number of alkyl halides is 3. The highest BCUT2D eigenvalue weighted by molar-refractivity contribution is 14.1. The van der Waals surface area contributed by atoms with Crippen molar-refractivity contribution in [3.63, 3.8) is 0 Å². The van der Waals surface area contributed by atoms with Gasteiger partial charge in [-0.25, -0.2) is 15.0 Å². The van der Waals surface area contributed by atoms with Crippen LogP contribution in [0.5, 0.6) is 0 Å². The second-order valence-corrected chi connectivity index (χ2v) is 6.73. The molecule has 8 nitrogen and oxygen atoms in total. The van der Waals surface area contributed by atoms with E-state index in [0.717, 1.165) is 13.1 Å². The van der Waals surface area contributed by atoms with Crippen molar-refractivity contribution in [2.75, 3.05) is 0 Å². The van der Waals surface area contributed by atoms with Gasteiger partial charge in [-0.2, -0.15) is 23.0 Å². The Hall–Kier alpha value is -2.38. The van der Waals surface area contributed by atoms with Crippen LogP contribution in [0.15, 0.2) is 24.5 Å². The molecule has 12 heteroatoms. The third kappa shape index (κ3) is 4.14. The summed E-state index contributed by atoms with van der Waals surface area (Å²) in [5.41, 5.74) is -1.22. The molecule has 0 aromatic carbocycles. The van der Waals surface area contributed by atoms with E-state index in [1.54, 1.807) is 25.4 Å². The number of aryl methyl sites for hydroxylation is 1. The van der Waals surface area contributed by atoms with Gasteiger partial charge >= 0.3 is 6.18 Å². The van der Waals surface area contributed by atoms with Gasteiger partial charge in [-0.05, 0) is 12.1 Å². The normalized spacial score (nSPS) is 13.0. The first-order chi connectivity index (χ1) is 12.7. The Morgan fingerprint density at radius 1 is 1.26 bits per heavy atom. The van der Waals surface area contributed by atoms with Crippen LogP contribution in [0.25, 0.3) is 5.95 Å². The van der Waals surface area contributed by atoms with E-state index in [-0.39, 0.29) is 12.1 Å². The Morgan fingerprint density at radius 3 is 2.52 bits per heavy atom. The predicted octanol–water partition coefficient (Wildman–Crippen LogP) is 2.79. The summed E-state index contributed by atoms with van der Waals surface area (Å²) in [7, 11) is 1.15. The van der Waals surface area contributed by atoms with Gasteiger partial charge < -0.3 is 0 Å². The molecular formula is C15H13F3IN7O. The maximum atomic E-state index is 12.9. The minimum absolute atomic E-state index is 0.0874. The van der Waals surface area contributed by atoms with Gasteiger partial charge in [-0.15, -0.1) is 5.10 Å². The van der Waals surface area contributed by atoms with Gasteiger partial charge in [0.15, 0.2) is 5.78 Å². The molecule has 0 saturated heterocycles. The summed E-state index contributed by atoms with van der Waals surface area (Å²) in [5.74, 6) is -0.230. The van der Waals surface area contributed by atoms with Crippen LogP contribution in [0.1, 0.15) is 41.3 Å². The predicted molar refractivity (Wildman–Crippen MR) is 95.2 cm³/mol. The number of hydrogen-bond acceptors (Lipinski definition) is 6. The number of Topliss-reactive ketones (excluding diaryl/α,β-unsaturated/α-hetero) is 1. The summed E-state index contributed by atoms with van der Waals surface area (Å²) in [6.45, 7) is 1.73. The molecule has 142 valence electrons. The Morgan fingerprint density at radius 2 is 1.93 bits per heavy atom. The van der Waals surface area contributed by atoms with Crippen LogP contribution in [-0.4, -0.2) is 40.3 Å². The van der Waals surface area contributed by atoms with Gasteiger partial charge in [-0.1, -0.05) is 6.92 Å². The monoisotopic (exact) mass is 491 g/mol. The summed E-state index contributed by atoms with van der Waals surface area (Å²) >= 11 is 1.92. The molecule has 0 radical (unpaired) electrons. The molecule has 1 atom stereocenters. The molecule has 0 bridgehead atoms. The molecule has 3 aromatic heterocycles. The van der Waals surface area contributed by atoms with Crippen LogP contribution in [-0.2, 0) is 13.2 Å². The first-order valence-electron chi connectivity index (χ1n) is 7.71. The van der Waals surface area contributed by atoms with Gasteiger partial charge in [0.05, 0.1) is 0 Å². The largest absolute Gasteiger partial charge is 0.433 e. The van der Waals surface area contributed by atoms with Crippen LogP contribution in [0.3, 0.4) is 0 Å². The molecule has 0 aliphatic rings. The van der Waals surface area contributed by atoms with Crippen LogP contribution >= 0.6 is 22.6 Å². The van der Waals surface area contributed by atoms with Crippen molar-refractivity contribution in [3.8, 4) is 5.95 Å². The molecule has 0 aliphatic carbocycles. The van der Waals surface area contributed by atoms with Crippen molar-refractivity contribution < 1.29 is 18.0 Å². The number of rotatable bonds is 5. The minimum Gasteiger partial charge on any atom is -0.292 e. The number of nitrogens with zero attached hydrogens (tertiary/aromatic N) is 7. The smallest absolute Gasteiger partial charge is 0.292 e. The molecule has 1 unspecified atom stereocenters. The molecule has 0 N–H and O–H groups in total. The quantitative estimate of drug-likeness (QED) is 0.403. The number of ketones is 1. The lowest BCUT2D eigenvalue weighted by Crippen LogP contribution is -2.13. The third-order valence-electron chi connectivity index (χ3n) is 3.74. The SMILES string of the molecule is CC(CC(=O)c1cc(C(F)(F)F)n(C)n1)c1nc(I)nn1-c1ncccn1. The zero-order chi connectivity index (χ0) is 19.8. The lowest BCUT2D eigenvalue weighted by Gasteiger charge is -2.10. The fraction of sp³-hybridized carbons (Fsp3) is 0.333. The van der Waals surface area contributed by atoms with E-state index < -0.39 is 23.6 Å². The summed E-state index contributed by atoms with van der Waals surface area (Å²) in [6.07, 6.45) is -1.57. The lowest BCUT2D eigenvalue weighted by atomic mass is 10.0. The van der Waals surface area contributed by atoms with E-state index in [1.807, 2.05) is 22.6 Å². The second-order valence-electron chi connectivity index (χ2n) is 5.76. The van der Waals surface area contributed by atoms with E-state index in [1.165, 1.54) is 4.68 Å². The van der Waals surface area contributed by atoms with Crippen molar-refractivity contribution >= 4 is 28.4 Å². The van der Waals surface area contributed by atoms with Crippen molar-refractivity contribution in [1.82, 2.24) is 34.5 Å². The Kier molecular flexibility index (Phi) is 5.26. The Bertz CT molecular complexity index is 968. The van der Waals surface area contributed by atoms with Crippen LogP contribution in [0.4, 0.5) is 13.2 Å². The minimum atomic E-state index is -4.58. The zero-order valence-corrected chi connectivity index (χ0v) is 16.3. The maximum absolute atomic E-state index is 12.9. The van der Waals surface area contributed by atoms with Gasteiger partial charge in [-0.3, -0.25) is 9.48 Å². The fourth-order valence-corrected chi connectivity index (χ4v) is 2.97. The molecule has 3 rings (SSSR count). The molecule has 0 saturated carbocycles. The van der Waals surface area contributed by atoms with Gasteiger partial charge in [0.1, 0.15) is 17.2 Å². The van der Waals surface area contributed by atoms with Crippen molar-refractivity contribution in [2.45, 2.75) is 25.4 Å². The van der Waals surface area contributed by atoms with Crippen LogP contribution in [0, 0.1) is 3.83 Å². The van der Waals surface area contributed by atoms with Crippen molar-refractivity contribution in [2.24, 2.45) is 7.05 Å². The van der Waals surface area contributed by atoms with E-state index >= 15 is 0 Å². The van der Waals surface area contributed by atoms with Crippen molar-refractivity contribution in [1.29, 1.82) is 0 Å². The van der Waals surface area contributed by atoms with E-state index in [4.69, 9.17) is 0 Å². The highest BCUT2D eigenvalue weighted by Crippen LogP contribution is 2.30. The van der Waals surface area contributed by atoms with Crippen LogP contribution < -0.4 is 0 Å². The fourth-order valence-electron chi connectivity index (χ4n) is 2.51. The maximum Gasteiger partial charge on any atom is 0.433 e. The summed E-state index contributed by atoms with van der Waals surface area (Å²) in [4.78, 5) is 24.9. The highest BCUT2D eigenvalue weighted by Gasteiger charge is 2.36. The molecular weight excluding hydrogens is 478 g/mol. The van der Waals surface area contributed by atoms with E-state index in [9.17, 15) is 18.0 Å². The van der Waals surface area contributed by atoms with E-state index in [0.29, 0.717) is 20.3 Å². The number of aromatic nitrogens is 7.